The van der Waals surface area contributed by atoms with Gasteiger partial charge in [-0.15, -0.1) is 0 Å². The van der Waals surface area contributed by atoms with Gasteiger partial charge in [-0.1, -0.05) is 5.16 Å². The van der Waals surface area contributed by atoms with E-state index in [-0.39, 0.29) is 11.9 Å². The number of aromatic nitrogens is 3. The van der Waals surface area contributed by atoms with Gasteiger partial charge in [0.25, 0.3) is 0 Å². The number of nitrogens with one attached hydrogen (secondary N) is 1. The summed E-state index contributed by atoms with van der Waals surface area (Å²) in [5.74, 6) is 1.77. The first-order valence-electron chi connectivity index (χ1n) is 8.04. The Balaban J connectivity index is 1.73. The van der Waals surface area contributed by atoms with Crippen LogP contribution in [0.1, 0.15) is 35.9 Å². The van der Waals surface area contributed by atoms with Gasteiger partial charge < -0.3 is 14.6 Å². The summed E-state index contributed by atoms with van der Waals surface area (Å²) in [6.45, 7) is 4.94. The fourth-order valence-electron chi connectivity index (χ4n) is 3.41. The number of ether oxygens (including phenoxy) is 1. The Kier molecular flexibility index (Phi) is 4.57. The topological polar surface area (TPSA) is 85.4 Å². The summed E-state index contributed by atoms with van der Waals surface area (Å²) in [5.41, 5.74) is 2.02. The molecule has 2 aromatic rings. The van der Waals surface area contributed by atoms with Crippen molar-refractivity contribution in [2.45, 2.75) is 32.7 Å². The van der Waals surface area contributed by atoms with Gasteiger partial charge >= 0.3 is 0 Å². The van der Waals surface area contributed by atoms with Gasteiger partial charge in [0.1, 0.15) is 5.76 Å². The molecule has 8 nitrogen and oxygen atoms in total. The van der Waals surface area contributed by atoms with E-state index >= 15 is 0 Å². The molecule has 1 saturated heterocycles. The zero-order valence-corrected chi connectivity index (χ0v) is 14.5. The van der Waals surface area contributed by atoms with Crippen molar-refractivity contribution >= 4 is 11.7 Å². The Morgan fingerprint density at radius 3 is 2.96 bits per heavy atom. The molecule has 0 bridgehead atoms. The van der Waals surface area contributed by atoms with E-state index < -0.39 is 0 Å². The summed E-state index contributed by atoms with van der Waals surface area (Å²) in [4.78, 5) is 14.5. The van der Waals surface area contributed by atoms with Crippen LogP contribution in [0, 0.1) is 13.8 Å². The third kappa shape index (κ3) is 3.14. The number of aryl methyl sites for hydroxylation is 3. The Morgan fingerprint density at radius 1 is 1.50 bits per heavy atom. The lowest BCUT2D eigenvalue weighted by Gasteiger charge is -2.24. The molecule has 0 radical (unpaired) electrons. The molecule has 1 amide bonds. The number of hydrogen-bond acceptors (Lipinski definition) is 6. The molecule has 0 unspecified atom stereocenters. The molecule has 0 spiro atoms. The number of rotatable bonds is 5. The van der Waals surface area contributed by atoms with Crippen molar-refractivity contribution in [1.29, 1.82) is 0 Å². The highest BCUT2D eigenvalue weighted by atomic mass is 16.5. The van der Waals surface area contributed by atoms with Gasteiger partial charge in [-0.3, -0.25) is 9.69 Å². The van der Waals surface area contributed by atoms with Gasteiger partial charge in [-0.05, 0) is 33.2 Å². The molecule has 3 heterocycles. The minimum Gasteiger partial charge on any atom is -0.481 e. The second-order valence-electron chi connectivity index (χ2n) is 6.13. The zero-order valence-electron chi connectivity index (χ0n) is 14.5. The fourth-order valence-corrected chi connectivity index (χ4v) is 3.41. The lowest BCUT2D eigenvalue weighted by molar-refractivity contribution is -0.117. The van der Waals surface area contributed by atoms with Crippen molar-refractivity contribution in [2.75, 3.05) is 25.5 Å². The predicted octanol–water partition coefficient (Wildman–Crippen LogP) is 1.81. The molecule has 0 saturated carbocycles. The van der Waals surface area contributed by atoms with Crippen LogP contribution in [-0.4, -0.2) is 45.9 Å². The molecule has 1 aliphatic heterocycles. The van der Waals surface area contributed by atoms with Crippen molar-refractivity contribution in [2.24, 2.45) is 7.05 Å². The van der Waals surface area contributed by atoms with Crippen molar-refractivity contribution < 1.29 is 14.1 Å². The number of nitrogens with zero attached hydrogens (tertiary/aromatic N) is 4. The van der Waals surface area contributed by atoms with Gasteiger partial charge in [-0.2, -0.15) is 5.10 Å². The quantitative estimate of drug-likeness (QED) is 0.898. The van der Waals surface area contributed by atoms with Crippen LogP contribution in [0.15, 0.2) is 10.6 Å². The summed E-state index contributed by atoms with van der Waals surface area (Å²) >= 11 is 0. The second kappa shape index (κ2) is 6.64. The van der Waals surface area contributed by atoms with Crippen LogP contribution < -0.4 is 10.1 Å². The Bertz CT molecular complexity index is 736. The molecule has 1 aliphatic rings. The number of hydrogen-bond donors (Lipinski definition) is 1. The first-order chi connectivity index (χ1) is 11.5. The van der Waals surface area contributed by atoms with E-state index in [2.05, 4.69) is 20.5 Å². The molecular formula is C16H23N5O3. The maximum absolute atomic E-state index is 12.3. The molecule has 2 aromatic heterocycles. The summed E-state index contributed by atoms with van der Waals surface area (Å²) < 4.78 is 12.2. The minimum atomic E-state index is -0.101. The predicted molar refractivity (Wildman–Crippen MR) is 87.9 cm³/mol. The van der Waals surface area contributed by atoms with E-state index in [1.807, 2.05) is 14.0 Å². The summed E-state index contributed by atoms with van der Waals surface area (Å²) in [6.07, 6.45) is 2.03. The lowest BCUT2D eigenvalue weighted by atomic mass is 10.1. The largest absolute Gasteiger partial charge is 0.481 e. The van der Waals surface area contributed by atoms with Crippen LogP contribution in [0.25, 0.3) is 0 Å². The van der Waals surface area contributed by atoms with Crippen LogP contribution in [-0.2, 0) is 11.8 Å². The van der Waals surface area contributed by atoms with Gasteiger partial charge in [0.15, 0.2) is 5.82 Å². The third-order valence-corrected chi connectivity index (χ3v) is 4.35. The highest BCUT2D eigenvalue weighted by Gasteiger charge is 2.33. The smallest absolute Gasteiger partial charge is 0.239 e. The normalized spacial score (nSPS) is 18.1. The highest BCUT2D eigenvalue weighted by Crippen LogP contribution is 2.38. The number of likely N-dealkylation sites (tertiary alicyclic amines) is 1. The fraction of sp³-hybridized carbons (Fsp3) is 0.562. The highest BCUT2D eigenvalue weighted by molar-refractivity contribution is 5.91. The first-order valence-corrected chi connectivity index (χ1v) is 8.04. The molecule has 1 atom stereocenters. The van der Waals surface area contributed by atoms with E-state index in [9.17, 15) is 4.79 Å². The van der Waals surface area contributed by atoms with Crippen molar-refractivity contribution in [3.05, 3.63) is 23.1 Å². The minimum absolute atomic E-state index is 0.101. The summed E-state index contributed by atoms with van der Waals surface area (Å²) in [7, 11) is 3.52. The van der Waals surface area contributed by atoms with Crippen molar-refractivity contribution in [3.8, 4) is 5.88 Å². The number of anilines is 1. The van der Waals surface area contributed by atoms with E-state index in [0.717, 1.165) is 36.5 Å². The van der Waals surface area contributed by atoms with Gasteiger partial charge in [-0.25, -0.2) is 4.68 Å². The van der Waals surface area contributed by atoms with Gasteiger partial charge in [0, 0.05) is 19.2 Å². The molecule has 1 fully saturated rings. The average molecular weight is 333 g/mol. The Hall–Kier alpha value is -2.35. The van der Waals surface area contributed by atoms with Gasteiger partial charge in [0.05, 0.1) is 24.9 Å². The third-order valence-electron chi connectivity index (χ3n) is 4.35. The number of carbonyl (C=O) groups is 1. The zero-order chi connectivity index (χ0) is 17.3. The first kappa shape index (κ1) is 16.5. The van der Waals surface area contributed by atoms with Crippen LogP contribution in [0.2, 0.25) is 0 Å². The molecule has 1 N–H and O–H groups in total. The van der Waals surface area contributed by atoms with E-state index in [1.54, 1.807) is 24.8 Å². The van der Waals surface area contributed by atoms with Crippen LogP contribution in [0.4, 0.5) is 5.82 Å². The molecule has 0 aromatic carbocycles. The van der Waals surface area contributed by atoms with Crippen LogP contribution >= 0.6 is 0 Å². The summed E-state index contributed by atoms with van der Waals surface area (Å²) in [6, 6.07) is 1.84. The average Bonchev–Trinajstić information content (AvgIpc) is 3.19. The number of methoxy groups -OCH3 is 1. The molecule has 0 aliphatic carbocycles. The lowest BCUT2D eigenvalue weighted by Crippen LogP contribution is -2.33. The van der Waals surface area contributed by atoms with E-state index in [0.29, 0.717) is 18.1 Å². The molecule has 24 heavy (non-hydrogen) atoms. The summed E-state index contributed by atoms with van der Waals surface area (Å²) in [5, 5.41) is 11.0. The van der Waals surface area contributed by atoms with Crippen LogP contribution in [0.5, 0.6) is 5.88 Å². The molecular weight excluding hydrogens is 310 g/mol. The number of carbonyl (C=O) groups excluding carboxylic acids is 1. The maximum atomic E-state index is 12.3. The van der Waals surface area contributed by atoms with Crippen molar-refractivity contribution in [3.63, 3.8) is 0 Å². The van der Waals surface area contributed by atoms with E-state index in [1.165, 1.54) is 0 Å². The van der Waals surface area contributed by atoms with E-state index in [4.69, 9.17) is 9.26 Å². The monoisotopic (exact) mass is 333 g/mol. The van der Waals surface area contributed by atoms with Crippen molar-refractivity contribution in [1.82, 2.24) is 19.8 Å². The maximum Gasteiger partial charge on any atom is 0.239 e. The molecule has 3 rings (SSSR count). The Morgan fingerprint density at radius 2 is 2.29 bits per heavy atom. The Labute approximate surface area is 140 Å². The second-order valence-corrected chi connectivity index (χ2v) is 6.13. The number of amides is 1. The standard InChI is InChI=1S/C16H23N5O3/c1-10-8-13(19-24-10)17-14(22)9-21-7-5-6-12(21)15-11(2)18-20(3)16(15)23-4/h8,12H,5-7,9H2,1-4H3,(H,17,19,22)/t12-/m1/s1. The molecule has 130 valence electrons. The van der Waals surface area contributed by atoms with Gasteiger partial charge in [0.2, 0.25) is 11.8 Å². The van der Waals surface area contributed by atoms with Crippen LogP contribution in [0.3, 0.4) is 0 Å². The SMILES string of the molecule is COc1c([C@H]2CCCN2CC(=O)Nc2cc(C)on2)c(C)nn1C. The molecule has 8 heteroatoms.